The lowest BCUT2D eigenvalue weighted by Gasteiger charge is -2.20. The Morgan fingerprint density at radius 2 is 2.32 bits per heavy atom. The Bertz CT molecular complexity index is 525. The van der Waals surface area contributed by atoms with E-state index in [1.807, 2.05) is 0 Å². The SMILES string of the molecule is CC(C)N1CCC(CNS(=O)(=O)c2cc(N)cs2)C1. The van der Waals surface area contributed by atoms with E-state index < -0.39 is 10.0 Å². The van der Waals surface area contributed by atoms with Crippen LogP contribution >= 0.6 is 11.3 Å². The van der Waals surface area contributed by atoms with Crippen molar-refractivity contribution in [1.29, 1.82) is 0 Å². The number of likely N-dealkylation sites (tertiary alicyclic amines) is 1. The number of thiophene rings is 1. The Balaban J connectivity index is 1.89. The van der Waals surface area contributed by atoms with E-state index in [-0.39, 0.29) is 0 Å². The molecule has 0 spiro atoms. The molecule has 1 aromatic heterocycles. The van der Waals surface area contributed by atoms with E-state index in [0.717, 1.165) is 30.8 Å². The summed E-state index contributed by atoms with van der Waals surface area (Å²) in [6.07, 6.45) is 1.05. The average molecular weight is 303 g/mol. The molecule has 7 heteroatoms. The lowest BCUT2D eigenvalue weighted by atomic mass is 10.1. The normalized spacial score (nSPS) is 21.3. The smallest absolute Gasteiger partial charge is 0.250 e. The van der Waals surface area contributed by atoms with Crippen molar-refractivity contribution in [2.75, 3.05) is 25.4 Å². The van der Waals surface area contributed by atoms with Gasteiger partial charge in [-0.25, -0.2) is 13.1 Å². The third-order valence-electron chi connectivity index (χ3n) is 3.47. The van der Waals surface area contributed by atoms with E-state index in [4.69, 9.17) is 5.73 Å². The van der Waals surface area contributed by atoms with Crippen LogP contribution in [0.1, 0.15) is 20.3 Å². The second-order valence-corrected chi connectivity index (χ2v) is 8.20. The Morgan fingerprint density at radius 1 is 1.58 bits per heavy atom. The van der Waals surface area contributed by atoms with Crippen molar-refractivity contribution in [2.24, 2.45) is 5.92 Å². The summed E-state index contributed by atoms with van der Waals surface area (Å²) in [7, 11) is -3.39. The van der Waals surface area contributed by atoms with E-state index in [1.165, 1.54) is 6.07 Å². The summed E-state index contributed by atoms with van der Waals surface area (Å²) < 4.78 is 27.1. The van der Waals surface area contributed by atoms with Crippen molar-refractivity contribution in [1.82, 2.24) is 9.62 Å². The number of anilines is 1. The molecule has 19 heavy (non-hydrogen) atoms. The second kappa shape index (κ2) is 5.78. The van der Waals surface area contributed by atoms with Crippen molar-refractivity contribution >= 4 is 27.0 Å². The minimum atomic E-state index is -3.39. The van der Waals surface area contributed by atoms with Gasteiger partial charge < -0.3 is 10.6 Å². The van der Waals surface area contributed by atoms with Gasteiger partial charge in [0, 0.05) is 30.2 Å². The Kier molecular flexibility index (Phi) is 4.50. The number of hydrogen-bond donors (Lipinski definition) is 2. The van der Waals surface area contributed by atoms with E-state index in [0.29, 0.717) is 28.4 Å². The molecule has 0 aliphatic carbocycles. The minimum absolute atomic E-state index is 0.295. The topological polar surface area (TPSA) is 75.4 Å². The van der Waals surface area contributed by atoms with Crippen molar-refractivity contribution in [3.63, 3.8) is 0 Å². The first-order valence-corrected chi connectivity index (χ1v) is 8.82. The number of nitrogens with zero attached hydrogens (tertiary/aromatic N) is 1. The van der Waals surface area contributed by atoms with Gasteiger partial charge in [-0.15, -0.1) is 11.3 Å². The zero-order chi connectivity index (χ0) is 14.0. The maximum absolute atomic E-state index is 12.0. The van der Waals surface area contributed by atoms with Crippen LogP contribution in [-0.4, -0.2) is 39.0 Å². The molecule has 0 aromatic carbocycles. The summed E-state index contributed by atoms with van der Waals surface area (Å²) in [5.41, 5.74) is 6.05. The van der Waals surface area contributed by atoms with Crippen LogP contribution in [0.5, 0.6) is 0 Å². The molecule has 0 radical (unpaired) electrons. The van der Waals surface area contributed by atoms with Gasteiger partial charge in [-0.1, -0.05) is 0 Å². The summed E-state index contributed by atoms with van der Waals surface area (Å²) in [5.74, 6) is 0.398. The van der Waals surface area contributed by atoms with E-state index in [1.54, 1.807) is 5.38 Å². The largest absolute Gasteiger partial charge is 0.398 e. The molecule has 1 atom stereocenters. The molecule has 0 amide bonds. The predicted octanol–water partition coefficient (Wildman–Crippen LogP) is 1.34. The number of nitrogens with two attached hydrogens (primary N) is 1. The highest BCUT2D eigenvalue weighted by molar-refractivity contribution is 7.91. The fourth-order valence-corrected chi connectivity index (χ4v) is 4.51. The molecular formula is C12H21N3O2S2. The van der Waals surface area contributed by atoms with Gasteiger partial charge in [0.2, 0.25) is 10.0 Å². The Morgan fingerprint density at radius 3 is 2.84 bits per heavy atom. The van der Waals surface area contributed by atoms with Gasteiger partial charge >= 0.3 is 0 Å². The average Bonchev–Trinajstić information content (AvgIpc) is 2.95. The quantitative estimate of drug-likeness (QED) is 0.861. The molecule has 5 nitrogen and oxygen atoms in total. The molecule has 0 saturated carbocycles. The highest BCUT2D eigenvalue weighted by Crippen LogP contribution is 2.22. The fourth-order valence-electron chi connectivity index (χ4n) is 2.27. The summed E-state index contributed by atoms with van der Waals surface area (Å²) in [6.45, 7) is 6.86. The lowest BCUT2D eigenvalue weighted by molar-refractivity contribution is 0.265. The Hall–Kier alpha value is -0.630. The van der Waals surface area contributed by atoms with Gasteiger partial charge in [-0.3, -0.25) is 0 Å². The fraction of sp³-hybridized carbons (Fsp3) is 0.667. The zero-order valence-electron chi connectivity index (χ0n) is 11.3. The second-order valence-electron chi connectivity index (χ2n) is 5.29. The van der Waals surface area contributed by atoms with Crippen LogP contribution < -0.4 is 10.5 Å². The molecule has 1 unspecified atom stereocenters. The highest BCUT2D eigenvalue weighted by atomic mass is 32.2. The number of hydrogen-bond acceptors (Lipinski definition) is 5. The van der Waals surface area contributed by atoms with Crippen LogP contribution in [0.15, 0.2) is 15.7 Å². The van der Waals surface area contributed by atoms with Crippen LogP contribution in [0, 0.1) is 5.92 Å². The summed E-state index contributed by atoms with van der Waals surface area (Å²) in [4.78, 5) is 2.38. The zero-order valence-corrected chi connectivity index (χ0v) is 12.9. The molecule has 108 valence electrons. The van der Waals surface area contributed by atoms with Crippen molar-refractivity contribution < 1.29 is 8.42 Å². The molecule has 1 aromatic rings. The van der Waals surface area contributed by atoms with Crippen molar-refractivity contribution in [3.8, 4) is 0 Å². The summed E-state index contributed by atoms with van der Waals surface area (Å²) >= 11 is 1.16. The van der Waals surface area contributed by atoms with Crippen LogP contribution in [0.3, 0.4) is 0 Å². The highest BCUT2D eigenvalue weighted by Gasteiger charge is 2.26. The maximum Gasteiger partial charge on any atom is 0.250 e. The molecule has 1 aliphatic rings. The van der Waals surface area contributed by atoms with Gasteiger partial charge in [0.15, 0.2) is 0 Å². The number of nitrogens with one attached hydrogen (secondary N) is 1. The van der Waals surface area contributed by atoms with Gasteiger partial charge in [0.25, 0.3) is 0 Å². The van der Waals surface area contributed by atoms with Crippen LogP contribution in [0.2, 0.25) is 0 Å². The summed E-state index contributed by atoms with van der Waals surface area (Å²) in [6, 6.07) is 2.03. The van der Waals surface area contributed by atoms with Crippen LogP contribution in [-0.2, 0) is 10.0 Å². The van der Waals surface area contributed by atoms with Crippen LogP contribution in [0.25, 0.3) is 0 Å². The van der Waals surface area contributed by atoms with Gasteiger partial charge in [-0.05, 0) is 38.8 Å². The van der Waals surface area contributed by atoms with Crippen LogP contribution in [0.4, 0.5) is 5.69 Å². The molecular weight excluding hydrogens is 282 g/mol. The molecule has 3 N–H and O–H groups in total. The minimum Gasteiger partial charge on any atom is -0.398 e. The molecule has 1 aliphatic heterocycles. The molecule has 2 rings (SSSR count). The van der Waals surface area contributed by atoms with Gasteiger partial charge in [-0.2, -0.15) is 0 Å². The third-order valence-corrected chi connectivity index (χ3v) is 6.35. The standard InChI is InChI=1S/C12H21N3O2S2/c1-9(2)15-4-3-10(7-15)6-14-19(16,17)12-5-11(13)8-18-12/h5,8-10,14H,3-4,6-7,13H2,1-2H3. The van der Waals surface area contributed by atoms with Crippen molar-refractivity contribution in [2.45, 2.75) is 30.5 Å². The van der Waals surface area contributed by atoms with Gasteiger partial charge in [0.05, 0.1) is 0 Å². The van der Waals surface area contributed by atoms with Gasteiger partial charge in [0.1, 0.15) is 4.21 Å². The molecule has 1 saturated heterocycles. The number of nitrogen functional groups attached to an aromatic ring is 1. The first kappa shape index (κ1) is 14.8. The Labute approximate surface area is 118 Å². The predicted molar refractivity (Wildman–Crippen MR) is 78.7 cm³/mol. The van der Waals surface area contributed by atoms with E-state index in [2.05, 4.69) is 23.5 Å². The van der Waals surface area contributed by atoms with Crippen molar-refractivity contribution in [3.05, 3.63) is 11.4 Å². The van der Waals surface area contributed by atoms with E-state index in [9.17, 15) is 8.42 Å². The maximum atomic E-state index is 12.0. The first-order valence-electron chi connectivity index (χ1n) is 6.46. The van der Waals surface area contributed by atoms with E-state index >= 15 is 0 Å². The number of sulfonamides is 1. The first-order chi connectivity index (χ1) is 8.88. The monoisotopic (exact) mass is 303 g/mol. The molecule has 0 bridgehead atoms. The third kappa shape index (κ3) is 3.68. The summed E-state index contributed by atoms with van der Waals surface area (Å²) in [5, 5.41) is 1.64. The molecule has 2 heterocycles. The number of rotatable bonds is 5. The lowest BCUT2D eigenvalue weighted by Crippen LogP contribution is -2.32. The molecule has 1 fully saturated rings.